The molecule has 0 aromatic carbocycles. The van der Waals surface area contributed by atoms with Gasteiger partial charge in [-0.3, -0.25) is 5.10 Å². The average Bonchev–Trinajstić information content (AvgIpc) is 2.68. The quantitative estimate of drug-likeness (QED) is 0.645. The first kappa shape index (κ1) is 18.1. The molecule has 0 saturated heterocycles. The van der Waals surface area contributed by atoms with Crippen LogP contribution in [0.25, 0.3) is 0 Å². The fraction of sp³-hybridized carbons (Fsp3) is 0.769. The number of aromatic nitrogens is 2. The van der Waals surface area contributed by atoms with Crippen molar-refractivity contribution in [3.8, 4) is 0 Å². The van der Waals surface area contributed by atoms with E-state index in [0.29, 0.717) is 23.9 Å². The van der Waals surface area contributed by atoms with Crippen molar-refractivity contribution in [3.05, 3.63) is 11.4 Å². The minimum atomic E-state index is -3.63. The summed E-state index contributed by atoms with van der Waals surface area (Å²) in [6, 6.07) is -0.148. The fourth-order valence-corrected chi connectivity index (χ4v) is 4.03. The number of nitrogens with one attached hydrogen (secondary N) is 2. The van der Waals surface area contributed by atoms with Gasteiger partial charge in [0.05, 0.1) is 11.4 Å². The lowest BCUT2D eigenvalue weighted by molar-refractivity contribution is 0.329. The Balaban J connectivity index is 3.02. The van der Waals surface area contributed by atoms with Crippen molar-refractivity contribution >= 4 is 10.0 Å². The number of sulfonamides is 1. The molecule has 0 amide bonds. The zero-order valence-electron chi connectivity index (χ0n) is 13.5. The molecule has 21 heavy (non-hydrogen) atoms. The first-order valence-corrected chi connectivity index (χ1v) is 8.56. The van der Waals surface area contributed by atoms with E-state index in [1.54, 1.807) is 6.92 Å². The summed E-state index contributed by atoms with van der Waals surface area (Å²) in [6.07, 6.45) is 0.770. The third-order valence-corrected chi connectivity index (χ3v) is 4.81. The molecule has 0 saturated carbocycles. The van der Waals surface area contributed by atoms with Gasteiger partial charge in [-0.25, -0.2) is 13.1 Å². The monoisotopic (exact) mass is 317 g/mol. The summed E-state index contributed by atoms with van der Waals surface area (Å²) in [5, 5.41) is 6.64. The van der Waals surface area contributed by atoms with Crippen molar-refractivity contribution in [2.24, 2.45) is 11.7 Å². The van der Waals surface area contributed by atoms with Crippen molar-refractivity contribution in [1.82, 2.24) is 19.8 Å². The van der Waals surface area contributed by atoms with Gasteiger partial charge in [0.2, 0.25) is 10.0 Å². The molecule has 0 aliphatic rings. The van der Waals surface area contributed by atoms with Gasteiger partial charge >= 0.3 is 0 Å². The van der Waals surface area contributed by atoms with Gasteiger partial charge in [0.1, 0.15) is 4.90 Å². The van der Waals surface area contributed by atoms with E-state index in [1.165, 1.54) is 0 Å². The van der Waals surface area contributed by atoms with Crippen LogP contribution in [0.2, 0.25) is 0 Å². The number of hydrogen-bond acceptors (Lipinski definition) is 5. The summed E-state index contributed by atoms with van der Waals surface area (Å²) in [7, 11) is 0.222. The predicted octanol–water partition coefficient (Wildman–Crippen LogP) is 0.431. The molecule has 7 nitrogen and oxygen atoms in total. The van der Waals surface area contributed by atoms with Crippen LogP contribution in [-0.2, 0) is 16.6 Å². The van der Waals surface area contributed by atoms with Gasteiger partial charge < -0.3 is 10.6 Å². The highest BCUT2D eigenvalue weighted by molar-refractivity contribution is 7.89. The molecular weight excluding hydrogens is 290 g/mol. The molecule has 0 radical (unpaired) electrons. The molecule has 1 rings (SSSR count). The molecule has 1 aromatic rings. The van der Waals surface area contributed by atoms with Crippen LogP contribution in [0.15, 0.2) is 4.90 Å². The number of aryl methyl sites for hydroxylation is 1. The maximum atomic E-state index is 12.6. The van der Waals surface area contributed by atoms with Gasteiger partial charge in [-0.1, -0.05) is 13.8 Å². The fourth-order valence-electron chi connectivity index (χ4n) is 2.41. The Morgan fingerprint density at radius 1 is 1.38 bits per heavy atom. The van der Waals surface area contributed by atoms with Gasteiger partial charge in [-0.2, -0.15) is 5.10 Å². The molecule has 0 spiro atoms. The summed E-state index contributed by atoms with van der Waals surface area (Å²) in [5.41, 5.74) is 6.45. The highest BCUT2D eigenvalue weighted by Crippen LogP contribution is 2.18. The molecule has 0 aliphatic carbocycles. The van der Waals surface area contributed by atoms with E-state index in [2.05, 4.69) is 28.8 Å². The molecule has 0 bridgehead atoms. The predicted molar refractivity (Wildman–Crippen MR) is 83.3 cm³/mol. The Bertz CT molecular complexity index is 541. The molecule has 1 heterocycles. The Hall–Kier alpha value is -0.960. The van der Waals surface area contributed by atoms with Crippen LogP contribution in [0.3, 0.4) is 0 Å². The second-order valence-corrected chi connectivity index (χ2v) is 7.69. The van der Waals surface area contributed by atoms with E-state index in [0.717, 1.165) is 6.42 Å². The van der Waals surface area contributed by atoms with Gasteiger partial charge in [0, 0.05) is 19.1 Å². The molecule has 1 atom stereocenters. The molecule has 8 heteroatoms. The summed E-state index contributed by atoms with van der Waals surface area (Å²) < 4.78 is 28.0. The summed E-state index contributed by atoms with van der Waals surface area (Å²) in [4.78, 5) is 2.15. The minimum Gasteiger partial charge on any atom is -0.325 e. The Morgan fingerprint density at radius 3 is 2.48 bits per heavy atom. The third-order valence-electron chi connectivity index (χ3n) is 3.09. The summed E-state index contributed by atoms with van der Waals surface area (Å²) in [5.74, 6) is 0.400. The third kappa shape index (κ3) is 5.06. The average molecular weight is 317 g/mol. The first-order chi connectivity index (χ1) is 9.67. The van der Waals surface area contributed by atoms with Crippen LogP contribution in [0.1, 0.15) is 31.7 Å². The summed E-state index contributed by atoms with van der Waals surface area (Å²) >= 11 is 0. The van der Waals surface area contributed by atoms with E-state index in [-0.39, 0.29) is 17.5 Å². The van der Waals surface area contributed by atoms with Crippen LogP contribution in [0.4, 0.5) is 0 Å². The molecule has 4 N–H and O–H groups in total. The zero-order chi connectivity index (χ0) is 16.2. The van der Waals surface area contributed by atoms with Gasteiger partial charge in [0.15, 0.2) is 0 Å². The number of nitrogens with zero attached hydrogens (tertiary/aromatic N) is 2. The summed E-state index contributed by atoms with van der Waals surface area (Å²) in [6.45, 7) is 6.57. The van der Waals surface area contributed by atoms with Crippen LogP contribution in [-0.4, -0.2) is 50.2 Å². The van der Waals surface area contributed by atoms with Gasteiger partial charge in [-0.05, 0) is 33.4 Å². The lowest BCUT2D eigenvalue weighted by atomic mass is 10.0. The van der Waals surface area contributed by atoms with E-state index in [4.69, 9.17) is 5.73 Å². The van der Waals surface area contributed by atoms with Crippen LogP contribution < -0.4 is 10.5 Å². The van der Waals surface area contributed by atoms with Crippen molar-refractivity contribution in [1.29, 1.82) is 0 Å². The number of hydrogen-bond donors (Lipinski definition) is 3. The maximum Gasteiger partial charge on any atom is 0.244 e. The largest absolute Gasteiger partial charge is 0.325 e. The van der Waals surface area contributed by atoms with E-state index < -0.39 is 10.0 Å². The van der Waals surface area contributed by atoms with E-state index in [1.807, 2.05) is 19.0 Å². The molecule has 0 fully saturated rings. The molecule has 122 valence electrons. The molecule has 0 aliphatic heterocycles. The SMILES string of the molecule is Cc1[nH]nc(CN)c1S(=O)(=O)NC(CC(C)C)CN(C)C. The lowest BCUT2D eigenvalue weighted by Gasteiger charge is -2.24. The van der Waals surface area contributed by atoms with E-state index in [9.17, 15) is 8.42 Å². The number of nitrogens with two attached hydrogens (primary N) is 1. The molecule has 1 aromatic heterocycles. The second kappa shape index (κ2) is 7.35. The highest BCUT2D eigenvalue weighted by atomic mass is 32.2. The van der Waals surface area contributed by atoms with Crippen molar-refractivity contribution in [3.63, 3.8) is 0 Å². The Kier molecular flexibility index (Phi) is 6.33. The van der Waals surface area contributed by atoms with Crippen molar-refractivity contribution in [2.45, 2.75) is 44.7 Å². The molecular formula is C13H27N5O2S. The first-order valence-electron chi connectivity index (χ1n) is 7.08. The minimum absolute atomic E-state index is 0.0864. The second-order valence-electron chi connectivity index (χ2n) is 6.04. The number of aromatic amines is 1. The van der Waals surface area contributed by atoms with E-state index >= 15 is 0 Å². The van der Waals surface area contributed by atoms with Gasteiger partial charge in [-0.15, -0.1) is 0 Å². The lowest BCUT2D eigenvalue weighted by Crippen LogP contribution is -2.42. The Morgan fingerprint density at radius 2 is 2.00 bits per heavy atom. The van der Waals surface area contributed by atoms with Crippen LogP contribution in [0, 0.1) is 12.8 Å². The number of rotatable bonds is 8. The molecule has 1 unspecified atom stereocenters. The van der Waals surface area contributed by atoms with Crippen molar-refractivity contribution < 1.29 is 8.42 Å². The highest BCUT2D eigenvalue weighted by Gasteiger charge is 2.27. The maximum absolute atomic E-state index is 12.6. The number of likely N-dealkylation sites (N-methyl/N-ethyl adjacent to an activating group) is 1. The van der Waals surface area contributed by atoms with Gasteiger partial charge in [0.25, 0.3) is 0 Å². The van der Waals surface area contributed by atoms with Crippen LogP contribution in [0.5, 0.6) is 0 Å². The normalized spacial score (nSPS) is 14.1. The standard InChI is InChI=1S/C13H27N5O2S/c1-9(2)6-11(8-18(4)5)17-21(19,20)13-10(3)15-16-12(13)7-14/h9,11,17H,6-8,14H2,1-5H3,(H,15,16). The van der Waals surface area contributed by atoms with Crippen molar-refractivity contribution in [2.75, 3.05) is 20.6 Å². The smallest absolute Gasteiger partial charge is 0.244 e. The van der Waals surface area contributed by atoms with Crippen LogP contribution >= 0.6 is 0 Å². The number of H-pyrrole nitrogens is 1. The zero-order valence-corrected chi connectivity index (χ0v) is 14.3. The Labute approximate surface area is 127 Å². The topological polar surface area (TPSA) is 104 Å².